The summed E-state index contributed by atoms with van der Waals surface area (Å²) in [5.74, 6) is -0.851. The van der Waals surface area contributed by atoms with Gasteiger partial charge in [-0.1, -0.05) is 13.8 Å². The Hall–Kier alpha value is -1.30. The number of rotatable bonds is 2. The number of carbonyl (C=O) groups is 2. The van der Waals surface area contributed by atoms with Crippen LogP contribution in [0.15, 0.2) is 0 Å². The number of hydrogen-bond donors (Lipinski definition) is 1. The summed E-state index contributed by atoms with van der Waals surface area (Å²) in [4.78, 5) is 29.6. The van der Waals surface area contributed by atoms with Crippen molar-refractivity contribution < 1.29 is 14.7 Å². The van der Waals surface area contributed by atoms with Crippen LogP contribution in [-0.2, 0) is 4.79 Å². The molecule has 2 fully saturated rings. The molecule has 0 radical (unpaired) electrons. The van der Waals surface area contributed by atoms with Gasteiger partial charge in [0.1, 0.15) is 6.04 Å². The van der Waals surface area contributed by atoms with Gasteiger partial charge in [0.2, 0.25) is 0 Å². The zero-order chi connectivity index (χ0) is 14.9. The minimum absolute atomic E-state index is 0.0332. The minimum atomic E-state index is -0.885. The Labute approximate surface area is 120 Å². The van der Waals surface area contributed by atoms with E-state index in [2.05, 4.69) is 18.9 Å². The predicted molar refractivity (Wildman–Crippen MR) is 75.6 cm³/mol. The Bertz CT molecular complexity index is 388. The van der Waals surface area contributed by atoms with Crippen LogP contribution < -0.4 is 0 Å². The number of urea groups is 1. The van der Waals surface area contributed by atoms with Gasteiger partial charge in [0.25, 0.3) is 0 Å². The van der Waals surface area contributed by atoms with Crippen molar-refractivity contribution in [1.29, 1.82) is 0 Å². The van der Waals surface area contributed by atoms with Gasteiger partial charge in [0.15, 0.2) is 0 Å². The average Bonchev–Trinajstić information content (AvgIpc) is 2.80. The van der Waals surface area contributed by atoms with Crippen LogP contribution in [0.4, 0.5) is 4.79 Å². The van der Waals surface area contributed by atoms with Crippen LogP contribution >= 0.6 is 0 Å². The molecule has 0 saturated carbocycles. The highest BCUT2D eigenvalue weighted by Crippen LogP contribution is 2.26. The fraction of sp³-hybridized carbons (Fsp3) is 0.857. The number of hydrogen-bond acceptors (Lipinski definition) is 3. The Balaban J connectivity index is 2.05. The second-order valence-corrected chi connectivity index (χ2v) is 6.01. The van der Waals surface area contributed by atoms with Crippen molar-refractivity contribution in [2.45, 2.75) is 38.8 Å². The molecule has 2 aliphatic rings. The van der Waals surface area contributed by atoms with Crippen molar-refractivity contribution >= 4 is 12.0 Å². The normalized spacial score (nSPS) is 31.6. The van der Waals surface area contributed by atoms with E-state index in [1.54, 1.807) is 4.90 Å². The lowest BCUT2D eigenvalue weighted by Crippen LogP contribution is -2.57. The maximum atomic E-state index is 12.6. The first kappa shape index (κ1) is 15.1. The summed E-state index contributed by atoms with van der Waals surface area (Å²) in [5, 5.41) is 9.32. The molecule has 2 aliphatic heterocycles. The van der Waals surface area contributed by atoms with Crippen LogP contribution in [-0.4, -0.2) is 77.1 Å². The maximum absolute atomic E-state index is 12.6. The molecule has 0 spiro atoms. The van der Waals surface area contributed by atoms with Crippen LogP contribution in [0.2, 0.25) is 0 Å². The van der Waals surface area contributed by atoms with Crippen molar-refractivity contribution in [3.8, 4) is 0 Å². The van der Waals surface area contributed by atoms with E-state index in [0.29, 0.717) is 25.7 Å². The van der Waals surface area contributed by atoms with Gasteiger partial charge in [-0.25, -0.2) is 9.59 Å². The number of likely N-dealkylation sites (N-methyl/N-ethyl adjacent to an activating group) is 1. The van der Waals surface area contributed by atoms with Gasteiger partial charge in [0, 0.05) is 32.2 Å². The van der Waals surface area contributed by atoms with E-state index in [1.165, 1.54) is 0 Å². The number of amides is 2. The Morgan fingerprint density at radius 2 is 1.95 bits per heavy atom. The fourth-order valence-electron chi connectivity index (χ4n) is 3.28. The van der Waals surface area contributed by atoms with Crippen LogP contribution in [0.25, 0.3) is 0 Å². The first-order valence-corrected chi connectivity index (χ1v) is 7.44. The molecule has 0 aromatic heterocycles. The third-order valence-electron chi connectivity index (χ3n) is 4.72. The third kappa shape index (κ3) is 2.75. The van der Waals surface area contributed by atoms with Crippen molar-refractivity contribution in [2.75, 3.05) is 33.2 Å². The molecule has 0 aromatic carbocycles. The Morgan fingerprint density at radius 3 is 2.55 bits per heavy atom. The molecule has 1 N–H and O–H groups in total. The highest BCUT2D eigenvalue weighted by atomic mass is 16.4. The van der Waals surface area contributed by atoms with Gasteiger partial charge in [-0.3, -0.25) is 4.90 Å². The molecular formula is C14H25N3O3. The van der Waals surface area contributed by atoms with Gasteiger partial charge >= 0.3 is 12.0 Å². The minimum Gasteiger partial charge on any atom is -0.480 e. The molecule has 20 heavy (non-hydrogen) atoms. The summed E-state index contributed by atoms with van der Waals surface area (Å²) in [6.07, 6.45) is 1.77. The number of carboxylic acids is 1. The highest BCUT2D eigenvalue weighted by molar-refractivity contribution is 5.83. The van der Waals surface area contributed by atoms with Crippen LogP contribution in [0.1, 0.15) is 26.7 Å². The lowest BCUT2D eigenvalue weighted by molar-refractivity contribution is -0.142. The predicted octanol–water partition coefficient (Wildman–Crippen LogP) is 0.927. The van der Waals surface area contributed by atoms with E-state index in [-0.39, 0.29) is 11.9 Å². The molecule has 2 saturated heterocycles. The van der Waals surface area contributed by atoms with Crippen molar-refractivity contribution in [2.24, 2.45) is 5.92 Å². The summed E-state index contributed by atoms with van der Waals surface area (Å²) in [7, 11) is 2.08. The van der Waals surface area contributed by atoms with Gasteiger partial charge in [-0.15, -0.1) is 0 Å². The van der Waals surface area contributed by atoms with Crippen molar-refractivity contribution in [3.63, 3.8) is 0 Å². The van der Waals surface area contributed by atoms with E-state index >= 15 is 0 Å². The zero-order valence-electron chi connectivity index (χ0n) is 12.6. The summed E-state index contributed by atoms with van der Waals surface area (Å²) >= 11 is 0. The number of nitrogens with zero attached hydrogens (tertiary/aromatic N) is 3. The number of piperazine rings is 1. The lowest BCUT2D eigenvalue weighted by atomic mass is 10.0. The van der Waals surface area contributed by atoms with Crippen LogP contribution in [0.3, 0.4) is 0 Å². The van der Waals surface area contributed by atoms with Crippen LogP contribution in [0, 0.1) is 5.92 Å². The average molecular weight is 283 g/mol. The summed E-state index contributed by atoms with van der Waals surface area (Å²) < 4.78 is 0. The van der Waals surface area contributed by atoms with Gasteiger partial charge in [0.05, 0.1) is 0 Å². The van der Waals surface area contributed by atoms with E-state index in [9.17, 15) is 14.7 Å². The number of carboxylic acid groups (broad SMARTS) is 1. The van der Waals surface area contributed by atoms with E-state index in [4.69, 9.17) is 0 Å². The van der Waals surface area contributed by atoms with Gasteiger partial charge in [-0.2, -0.15) is 0 Å². The first-order chi connectivity index (χ1) is 9.45. The SMILES string of the molecule is CCC1CN(C(=O)N2CCC(C)C2C(=O)O)CCN1C. The topological polar surface area (TPSA) is 64.1 Å². The van der Waals surface area contributed by atoms with Gasteiger partial charge < -0.3 is 14.9 Å². The molecule has 6 heteroatoms. The highest BCUT2D eigenvalue weighted by Gasteiger charge is 2.42. The summed E-state index contributed by atoms with van der Waals surface area (Å²) in [5.41, 5.74) is 0. The molecule has 6 nitrogen and oxygen atoms in total. The standard InChI is InChI=1S/C14H25N3O3/c1-4-11-9-16(8-7-15(11)3)14(20)17-6-5-10(2)12(17)13(18)19/h10-12H,4-9H2,1-3H3,(H,18,19). The summed E-state index contributed by atoms with van der Waals surface area (Å²) in [6.45, 7) is 6.82. The number of aliphatic carboxylic acids is 1. The number of likely N-dealkylation sites (tertiary alicyclic amines) is 1. The maximum Gasteiger partial charge on any atom is 0.326 e. The molecule has 2 amide bonds. The molecule has 114 valence electrons. The molecule has 2 heterocycles. The molecule has 0 aliphatic carbocycles. The molecule has 3 atom stereocenters. The van der Waals surface area contributed by atoms with Gasteiger partial charge in [-0.05, 0) is 25.8 Å². The van der Waals surface area contributed by atoms with Crippen LogP contribution in [0.5, 0.6) is 0 Å². The molecular weight excluding hydrogens is 258 g/mol. The monoisotopic (exact) mass is 283 g/mol. The second-order valence-electron chi connectivity index (χ2n) is 6.01. The Kier molecular flexibility index (Phi) is 4.52. The second kappa shape index (κ2) is 5.99. The third-order valence-corrected chi connectivity index (χ3v) is 4.72. The Morgan fingerprint density at radius 1 is 1.25 bits per heavy atom. The van der Waals surface area contributed by atoms with Crippen molar-refractivity contribution in [3.05, 3.63) is 0 Å². The lowest BCUT2D eigenvalue weighted by Gasteiger charge is -2.41. The molecule has 0 aromatic rings. The smallest absolute Gasteiger partial charge is 0.326 e. The number of carbonyl (C=O) groups excluding carboxylic acids is 1. The van der Waals surface area contributed by atoms with E-state index in [1.807, 2.05) is 11.8 Å². The van der Waals surface area contributed by atoms with Crippen molar-refractivity contribution in [1.82, 2.24) is 14.7 Å². The molecule has 3 unspecified atom stereocenters. The van der Waals surface area contributed by atoms with E-state index < -0.39 is 12.0 Å². The zero-order valence-corrected chi connectivity index (χ0v) is 12.6. The summed E-state index contributed by atoms with van der Waals surface area (Å²) in [6, 6.07) is -0.397. The fourth-order valence-corrected chi connectivity index (χ4v) is 3.28. The molecule has 2 rings (SSSR count). The molecule has 0 bridgehead atoms. The quantitative estimate of drug-likeness (QED) is 0.819. The largest absolute Gasteiger partial charge is 0.480 e. The van der Waals surface area contributed by atoms with E-state index in [0.717, 1.165) is 19.4 Å². The first-order valence-electron chi connectivity index (χ1n) is 7.44.